The molecule has 30 heavy (non-hydrogen) atoms. The van der Waals surface area contributed by atoms with E-state index in [4.69, 9.17) is 0 Å². The van der Waals surface area contributed by atoms with Crippen molar-refractivity contribution < 1.29 is 9.59 Å². The SMILES string of the molecule is CCc1sc(C(=O)NCC(=O)Nn2cnc3scc(-c4cccs4)c3c2=O)cc1C. The van der Waals surface area contributed by atoms with Crippen LogP contribution in [0.5, 0.6) is 0 Å². The second-order valence-corrected chi connectivity index (χ2v) is 9.46. The number of thiophene rings is 3. The Kier molecular flexibility index (Phi) is 5.80. The average Bonchev–Trinajstić information content (AvgIpc) is 3.47. The van der Waals surface area contributed by atoms with Crippen molar-refractivity contribution in [3.63, 3.8) is 0 Å². The number of amides is 2. The van der Waals surface area contributed by atoms with Crippen molar-refractivity contribution >= 4 is 56.0 Å². The largest absolute Gasteiger partial charge is 0.342 e. The highest BCUT2D eigenvalue weighted by Gasteiger charge is 2.16. The molecular weight excluding hydrogens is 440 g/mol. The van der Waals surface area contributed by atoms with E-state index in [1.807, 2.05) is 42.8 Å². The molecule has 0 spiro atoms. The predicted octanol–water partition coefficient (Wildman–Crippen LogP) is 3.62. The number of aryl methyl sites for hydroxylation is 2. The summed E-state index contributed by atoms with van der Waals surface area (Å²) in [6.07, 6.45) is 2.15. The van der Waals surface area contributed by atoms with Crippen LogP contribution in [-0.2, 0) is 11.2 Å². The molecule has 10 heteroatoms. The maximum atomic E-state index is 12.9. The number of aromatic nitrogens is 2. The van der Waals surface area contributed by atoms with Gasteiger partial charge in [0.1, 0.15) is 11.2 Å². The average molecular weight is 459 g/mol. The number of hydrogen-bond acceptors (Lipinski definition) is 7. The van der Waals surface area contributed by atoms with Gasteiger partial charge in [0.25, 0.3) is 17.4 Å². The van der Waals surface area contributed by atoms with Gasteiger partial charge in [-0.15, -0.1) is 34.0 Å². The van der Waals surface area contributed by atoms with Crippen molar-refractivity contribution in [1.29, 1.82) is 0 Å². The van der Waals surface area contributed by atoms with Gasteiger partial charge in [-0.05, 0) is 36.4 Å². The summed E-state index contributed by atoms with van der Waals surface area (Å²) in [6, 6.07) is 5.68. The third-order valence-corrected chi connectivity index (χ3v) is 7.67. The molecule has 0 radical (unpaired) electrons. The first-order valence-electron chi connectivity index (χ1n) is 9.18. The summed E-state index contributed by atoms with van der Waals surface area (Å²) >= 11 is 4.34. The van der Waals surface area contributed by atoms with E-state index in [9.17, 15) is 14.4 Å². The Hall–Kier alpha value is -2.82. The van der Waals surface area contributed by atoms with Crippen molar-refractivity contribution in [2.45, 2.75) is 20.3 Å². The number of nitrogens with zero attached hydrogens (tertiary/aromatic N) is 2. The molecule has 0 aromatic carbocycles. The summed E-state index contributed by atoms with van der Waals surface area (Å²) in [5.74, 6) is -0.819. The summed E-state index contributed by atoms with van der Waals surface area (Å²) in [6.45, 7) is 3.75. The first kappa shape index (κ1) is 20.5. The van der Waals surface area contributed by atoms with Crippen LogP contribution in [0.2, 0.25) is 0 Å². The lowest BCUT2D eigenvalue weighted by molar-refractivity contribution is -0.116. The van der Waals surface area contributed by atoms with Crippen LogP contribution in [0.15, 0.2) is 40.1 Å². The molecule has 2 N–H and O–H groups in total. The molecule has 4 rings (SSSR count). The Morgan fingerprint density at radius 2 is 2.10 bits per heavy atom. The third-order valence-electron chi connectivity index (χ3n) is 4.50. The second-order valence-electron chi connectivity index (χ2n) is 6.51. The fourth-order valence-electron chi connectivity index (χ4n) is 3.03. The van der Waals surface area contributed by atoms with Crippen LogP contribution in [0.1, 0.15) is 27.0 Å². The Balaban J connectivity index is 1.48. The highest BCUT2D eigenvalue weighted by atomic mass is 32.1. The van der Waals surface area contributed by atoms with Crippen molar-refractivity contribution in [1.82, 2.24) is 15.0 Å². The van der Waals surface area contributed by atoms with E-state index >= 15 is 0 Å². The molecule has 0 unspecified atom stereocenters. The van der Waals surface area contributed by atoms with E-state index in [-0.39, 0.29) is 18.0 Å². The van der Waals surface area contributed by atoms with Crippen molar-refractivity contribution in [3.8, 4) is 10.4 Å². The number of carbonyl (C=O) groups excluding carboxylic acids is 2. The standard InChI is InChI=1S/C20H18N4O3S3/c1-3-13-11(2)7-15(30-13)18(26)21-8-16(25)23-24-10-22-19-17(20(24)27)12(9-29-19)14-5-4-6-28-14/h4-7,9-10H,3,8H2,1-2H3,(H,21,26)(H,23,25). The number of rotatable bonds is 6. The molecule has 154 valence electrons. The second kappa shape index (κ2) is 8.50. The van der Waals surface area contributed by atoms with Gasteiger partial charge in [-0.25, -0.2) is 9.66 Å². The molecule has 4 aromatic rings. The minimum absolute atomic E-state index is 0.247. The van der Waals surface area contributed by atoms with E-state index in [0.29, 0.717) is 15.1 Å². The van der Waals surface area contributed by atoms with E-state index < -0.39 is 5.91 Å². The zero-order valence-corrected chi connectivity index (χ0v) is 18.7. The zero-order valence-electron chi connectivity index (χ0n) is 16.2. The van der Waals surface area contributed by atoms with Crippen LogP contribution >= 0.6 is 34.0 Å². The smallest absolute Gasteiger partial charge is 0.281 e. The minimum Gasteiger partial charge on any atom is -0.342 e. The summed E-state index contributed by atoms with van der Waals surface area (Å²) in [4.78, 5) is 45.1. The quantitative estimate of drug-likeness (QED) is 0.462. The highest BCUT2D eigenvalue weighted by Crippen LogP contribution is 2.33. The molecule has 0 aliphatic rings. The van der Waals surface area contributed by atoms with E-state index in [2.05, 4.69) is 15.7 Å². The van der Waals surface area contributed by atoms with Crippen LogP contribution in [0, 0.1) is 6.92 Å². The van der Waals surface area contributed by atoms with Crippen molar-refractivity contribution in [3.05, 3.63) is 61.0 Å². The summed E-state index contributed by atoms with van der Waals surface area (Å²) in [7, 11) is 0. The fraction of sp³-hybridized carbons (Fsp3) is 0.200. The fourth-order valence-corrected chi connectivity index (χ4v) is 5.78. The molecule has 0 bridgehead atoms. The monoisotopic (exact) mass is 458 g/mol. The Bertz CT molecular complexity index is 1280. The third kappa shape index (κ3) is 3.93. The molecule has 0 aliphatic carbocycles. The van der Waals surface area contributed by atoms with Gasteiger partial charge in [0.05, 0.1) is 16.8 Å². The van der Waals surface area contributed by atoms with Crippen LogP contribution in [0.3, 0.4) is 0 Å². The maximum absolute atomic E-state index is 12.9. The molecule has 0 atom stereocenters. The predicted molar refractivity (Wildman–Crippen MR) is 122 cm³/mol. The van der Waals surface area contributed by atoms with Gasteiger partial charge >= 0.3 is 0 Å². The Morgan fingerprint density at radius 1 is 1.27 bits per heavy atom. The lowest BCUT2D eigenvalue weighted by Crippen LogP contribution is -2.39. The van der Waals surface area contributed by atoms with Gasteiger partial charge in [0.15, 0.2) is 0 Å². The number of carbonyl (C=O) groups is 2. The van der Waals surface area contributed by atoms with Crippen molar-refractivity contribution in [2.24, 2.45) is 0 Å². The Morgan fingerprint density at radius 3 is 2.80 bits per heavy atom. The normalized spacial score (nSPS) is 11.0. The Labute approximate surface area is 184 Å². The number of fused-ring (bicyclic) bond motifs is 1. The highest BCUT2D eigenvalue weighted by molar-refractivity contribution is 7.18. The molecule has 2 amide bonds. The van der Waals surface area contributed by atoms with E-state index in [1.54, 1.807) is 0 Å². The van der Waals surface area contributed by atoms with E-state index in [1.165, 1.54) is 40.3 Å². The van der Waals surface area contributed by atoms with Gasteiger partial charge in [-0.1, -0.05) is 13.0 Å². The summed E-state index contributed by atoms with van der Waals surface area (Å²) in [5, 5.41) is 6.90. The zero-order chi connectivity index (χ0) is 21.3. The van der Waals surface area contributed by atoms with Gasteiger partial charge in [0, 0.05) is 20.7 Å². The number of nitrogens with one attached hydrogen (secondary N) is 2. The minimum atomic E-state index is -0.511. The molecule has 0 saturated carbocycles. The molecule has 0 saturated heterocycles. The maximum Gasteiger partial charge on any atom is 0.281 e. The molecule has 4 aromatic heterocycles. The first-order valence-corrected chi connectivity index (χ1v) is 11.8. The first-order chi connectivity index (χ1) is 14.5. The van der Waals surface area contributed by atoms with Crippen molar-refractivity contribution in [2.75, 3.05) is 12.0 Å². The molecule has 7 nitrogen and oxygen atoms in total. The topological polar surface area (TPSA) is 93.1 Å². The van der Waals surface area contributed by atoms with Gasteiger partial charge in [-0.2, -0.15) is 0 Å². The van der Waals surface area contributed by atoms with Gasteiger partial charge in [0.2, 0.25) is 0 Å². The van der Waals surface area contributed by atoms with Crippen LogP contribution < -0.4 is 16.3 Å². The molecule has 0 fully saturated rings. The van der Waals surface area contributed by atoms with Gasteiger partial charge < -0.3 is 5.32 Å². The molecule has 4 heterocycles. The lowest BCUT2D eigenvalue weighted by Gasteiger charge is -2.08. The van der Waals surface area contributed by atoms with Crippen LogP contribution in [0.4, 0.5) is 0 Å². The molecule has 0 aliphatic heterocycles. The lowest BCUT2D eigenvalue weighted by atomic mass is 10.2. The van der Waals surface area contributed by atoms with Crippen LogP contribution in [0.25, 0.3) is 20.7 Å². The summed E-state index contributed by atoms with van der Waals surface area (Å²) < 4.78 is 1.06. The molecular formula is C20H18N4O3S3. The number of hydrogen-bond donors (Lipinski definition) is 2. The van der Waals surface area contributed by atoms with Gasteiger partial charge in [-0.3, -0.25) is 19.8 Å². The summed E-state index contributed by atoms with van der Waals surface area (Å²) in [5.41, 5.74) is 4.02. The van der Waals surface area contributed by atoms with E-state index in [0.717, 1.165) is 32.0 Å². The van der Waals surface area contributed by atoms with Crippen LogP contribution in [-0.4, -0.2) is 28.0 Å².